The molecule has 0 aromatic heterocycles. The molecule has 158 valence electrons. The molecule has 30 heavy (non-hydrogen) atoms. The largest absolute Gasteiger partial charge is 0.477 e. The van der Waals surface area contributed by atoms with E-state index in [9.17, 15) is 29.6 Å². The lowest BCUT2D eigenvalue weighted by molar-refractivity contribution is -0.384. The molecule has 2 amide bonds. The minimum Gasteiger partial charge on any atom is -0.477 e. The molecule has 1 aromatic rings. The fourth-order valence-electron chi connectivity index (χ4n) is 2.78. The van der Waals surface area contributed by atoms with E-state index in [1.165, 1.54) is 52.7 Å². The van der Waals surface area contributed by atoms with E-state index in [-0.39, 0.29) is 35.8 Å². The van der Waals surface area contributed by atoms with Gasteiger partial charge in [-0.2, -0.15) is 0 Å². The minimum atomic E-state index is -1.16. The third-order valence-electron chi connectivity index (χ3n) is 4.25. The van der Waals surface area contributed by atoms with Crippen molar-refractivity contribution in [3.05, 3.63) is 61.5 Å². The number of allylic oxidation sites excluding steroid dienone is 1. The van der Waals surface area contributed by atoms with Crippen LogP contribution in [0.4, 0.5) is 10.5 Å². The molecule has 3 rings (SSSR count). The monoisotopic (exact) mass is 451 g/mol. The van der Waals surface area contributed by atoms with Gasteiger partial charge in [0, 0.05) is 30.0 Å². The van der Waals surface area contributed by atoms with Crippen LogP contribution in [0.1, 0.15) is 12.5 Å². The summed E-state index contributed by atoms with van der Waals surface area (Å²) in [7, 11) is 0. The van der Waals surface area contributed by atoms with E-state index in [1.54, 1.807) is 13.0 Å². The van der Waals surface area contributed by atoms with E-state index in [0.717, 1.165) is 0 Å². The highest BCUT2D eigenvalue weighted by Gasteiger charge is 2.52. The Morgan fingerprint density at radius 2 is 2.10 bits per heavy atom. The Balaban J connectivity index is 1.43. The van der Waals surface area contributed by atoms with Crippen molar-refractivity contribution in [3.8, 4) is 0 Å². The first-order valence-corrected chi connectivity index (χ1v) is 10.6. The van der Waals surface area contributed by atoms with Gasteiger partial charge in [0.2, 0.25) is 0 Å². The summed E-state index contributed by atoms with van der Waals surface area (Å²) < 4.78 is 5.57. The third kappa shape index (κ3) is 4.44. The van der Waals surface area contributed by atoms with Crippen LogP contribution in [-0.2, 0) is 20.9 Å². The summed E-state index contributed by atoms with van der Waals surface area (Å²) in [5.74, 6) is -1.06. The fraction of sp³-hybridized carbons (Fsp3) is 0.278. The second kappa shape index (κ2) is 9.22. The number of carboxylic acids is 1. The number of thioether (sulfide) groups is 2. The maximum absolute atomic E-state index is 12.0. The van der Waals surface area contributed by atoms with Crippen LogP contribution in [-0.4, -0.2) is 50.6 Å². The number of fused-ring (bicyclic) bond motifs is 1. The molecular formula is C18H17N3O7S2. The van der Waals surface area contributed by atoms with E-state index < -0.39 is 17.0 Å². The Labute approximate surface area is 179 Å². The molecule has 12 heteroatoms. The van der Waals surface area contributed by atoms with Crippen LogP contribution in [0.5, 0.6) is 0 Å². The molecule has 2 aliphatic rings. The topological polar surface area (TPSA) is 139 Å². The Morgan fingerprint density at radius 3 is 2.70 bits per heavy atom. The highest BCUT2D eigenvalue weighted by Crippen LogP contribution is 2.52. The minimum absolute atomic E-state index is 0.0219. The van der Waals surface area contributed by atoms with Gasteiger partial charge < -0.3 is 15.2 Å². The second-order valence-corrected chi connectivity index (χ2v) is 8.56. The van der Waals surface area contributed by atoms with Gasteiger partial charge in [-0.1, -0.05) is 17.8 Å². The summed E-state index contributed by atoms with van der Waals surface area (Å²) in [4.78, 5) is 46.7. The summed E-state index contributed by atoms with van der Waals surface area (Å²) in [6.07, 6.45) is 1.03. The Kier molecular flexibility index (Phi) is 6.67. The van der Waals surface area contributed by atoms with E-state index in [1.807, 2.05) is 0 Å². The first-order valence-electron chi connectivity index (χ1n) is 8.74. The van der Waals surface area contributed by atoms with E-state index in [2.05, 4.69) is 5.32 Å². The van der Waals surface area contributed by atoms with Crippen molar-refractivity contribution in [3.63, 3.8) is 0 Å². The number of nitrogens with one attached hydrogen (secondary N) is 1. The quantitative estimate of drug-likeness (QED) is 0.201. The lowest BCUT2D eigenvalue weighted by atomic mass is 10.1. The first kappa shape index (κ1) is 21.7. The number of ether oxygens (including phenoxy) is 1. The molecular weight excluding hydrogens is 434 g/mol. The number of β-lactam (4-membered cyclic amide) rings is 1. The number of carbonyl (C=O) groups excluding carboxylic acids is 2. The van der Waals surface area contributed by atoms with Gasteiger partial charge in [0.15, 0.2) is 5.70 Å². The fourth-order valence-corrected chi connectivity index (χ4v) is 5.46. The average molecular weight is 451 g/mol. The van der Waals surface area contributed by atoms with E-state index in [0.29, 0.717) is 21.1 Å². The first-order chi connectivity index (χ1) is 14.3. The number of non-ortho nitro benzene ring substituents is 1. The third-order valence-corrected chi connectivity index (χ3v) is 6.86. The van der Waals surface area contributed by atoms with Crippen molar-refractivity contribution in [2.75, 3.05) is 12.3 Å². The van der Waals surface area contributed by atoms with Gasteiger partial charge >= 0.3 is 12.1 Å². The molecule has 1 fully saturated rings. The zero-order valence-electron chi connectivity index (χ0n) is 15.7. The van der Waals surface area contributed by atoms with Gasteiger partial charge in [-0.15, -0.1) is 11.8 Å². The number of carboxylic acid groups (broad SMARTS) is 1. The maximum atomic E-state index is 12.0. The number of hydrogen-bond acceptors (Lipinski definition) is 8. The Bertz CT molecular complexity index is 959. The molecule has 0 saturated carbocycles. The lowest BCUT2D eigenvalue weighted by Gasteiger charge is -2.36. The summed E-state index contributed by atoms with van der Waals surface area (Å²) in [5, 5.41) is 22.3. The van der Waals surface area contributed by atoms with Crippen molar-refractivity contribution in [2.45, 2.75) is 18.9 Å². The van der Waals surface area contributed by atoms with Gasteiger partial charge in [-0.05, 0) is 24.6 Å². The molecule has 0 radical (unpaired) electrons. The highest BCUT2D eigenvalue weighted by atomic mass is 32.2. The van der Waals surface area contributed by atoms with Gasteiger partial charge in [0.1, 0.15) is 12.0 Å². The smallest absolute Gasteiger partial charge is 0.407 e. The highest BCUT2D eigenvalue weighted by molar-refractivity contribution is 8.22. The number of aliphatic carboxylic acids is 1. The Hall–Kier alpha value is -2.99. The second-order valence-electron chi connectivity index (χ2n) is 6.11. The molecule has 10 nitrogen and oxygen atoms in total. The molecule has 0 unspecified atom stereocenters. The summed E-state index contributed by atoms with van der Waals surface area (Å²) in [5.41, 5.74) is 1.12. The molecule has 2 N–H and O–H groups in total. The zero-order chi connectivity index (χ0) is 21.8. The van der Waals surface area contributed by atoms with Gasteiger partial charge in [0.05, 0.1) is 9.16 Å². The number of alkyl carbamates (subject to hydrolysis) is 1. The predicted octanol–water partition coefficient (Wildman–Crippen LogP) is 2.67. The summed E-state index contributed by atoms with van der Waals surface area (Å²) in [6.45, 7) is 1.94. The maximum Gasteiger partial charge on any atom is 0.407 e. The van der Waals surface area contributed by atoms with Crippen molar-refractivity contribution in [2.24, 2.45) is 0 Å². The van der Waals surface area contributed by atoms with Crippen LogP contribution in [0.25, 0.3) is 0 Å². The van der Waals surface area contributed by atoms with Crippen molar-refractivity contribution in [1.29, 1.82) is 0 Å². The number of amides is 2. The number of hydrogen-bond donors (Lipinski definition) is 2. The van der Waals surface area contributed by atoms with Crippen LogP contribution in [0.2, 0.25) is 0 Å². The molecule has 0 bridgehead atoms. The van der Waals surface area contributed by atoms with Crippen LogP contribution in [0.3, 0.4) is 0 Å². The molecule has 0 aliphatic carbocycles. The molecule has 2 heterocycles. The zero-order valence-corrected chi connectivity index (χ0v) is 17.3. The van der Waals surface area contributed by atoms with Gasteiger partial charge in [-0.3, -0.25) is 19.8 Å². The SMILES string of the molecule is CC=C1C(=O)N2C(C(=O)O)=C(SCCNC(=O)OCc3ccc([N+](=O)[O-])cc3)S[C@@H]12. The van der Waals surface area contributed by atoms with Crippen LogP contribution in [0.15, 0.2) is 45.8 Å². The summed E-state index contributed by atoms with van der Waals surface area (Å²) >= 11 is 2.56. The number of nitro benzene ring substituents is 1. The van der Waals surface area contributed by atoms with E-state index >= 15 is 0 Å². The molecule has 1 aromatic carbocycles. The molecule has 2 aliphatic heterocycles. The van der Waals surface area contributed by atoms with E-state index in [4.69, 9.17) is 4.74 Å². The molecule has 1 saturated heterocycles. The molecule has 0 spiro atoms. The number of rotatable bonds is 8. The Morgan fingerprint density at radius 1 is 1.40 bits per heavy atom. The average Bonchev–Trinajstić information content (AvgIpc) is 3.05. The van der Waals surface area contributed by atoms with Crippen LogP contribution in [0, 0.1) is 10.1 Å². The number of carbonyl (C=O) groups is 3. The number of benzene rings is 1. The number of nitro groups is 1. The van der Waals surface area contributed by atoms with Crippen molar-refractivity contribution in [1.82, 2.24) is 10.2 Å². The van der Waals surface area contributed by atoms with Crippen LogP contribution >= 0.6 is 23.5 Å². The van der Waals surface area contributed by atoms with Gasteiger partial charge in [0.25, 0.3) is 11.6 Å². The number of nitrogens with zero attached hydrogens (tertiary/aromatic N) is 2. The predicted molar refractivity (Wildman–Crippen MR) is 110 cm³/mol. The normalized spacial score (nSPS) is 18.8. The standard InChI is InChI=1S/C18H17N3O7S2/c1-2-12-14(22)20-13(16(23)24)17(30-15(12)20)29-8-7-19-18(25)28-9-10-3-5-11(6-4-10)21(26)27/h2-6,15H,7-9H2,1H3,(H,19,25)(H,23,24)/t15-/m0/s1. The van der Waals surface area contributed by atoms with Crippen molar-refractivity contribution < 1.29 is 29.2 Å². The molecule has 1 atom stereocenters. The lowest BCUT2D eigenvalue weighted by Crippen LogP contribution is -2.51. The van der Waals surface area contributed by atoms with Crippen molar-refractivity contribution >= 4 is 47.2 Å². The van der Waals surface area contributed by atoms with Crippen LogP contribution < -0.4 is 5.32 Å². The van der Waals surface area contributed by atoms with Gasteiger partial charge in [-0.25, -0.2) is 9.59 Å². The summed E-state index contributed by atoms with van der Waals surface area (Å²) in [6, 6.07) is 5.66.